The van der Waals surface area contributed by atoms with Crippen LogP contribution in [0.15, 0.2) is 47.4 Å². The van der Waals surface area contributed by atoms with Crippen molar-refractivity contribution in [1.29, 1.82) is 0 Å². The zero-order chi connectivity index (χ0) is 17.0. The van der Waals surface area contributed by atoms with E-state index >= 15 is 0 Å². The molecule has 0 aliphatic carbocycles. The Hall–Kier alpha value is -2.12. The second kappa shape index (κ2) is 6.97. The Labute approximate surface area is 135 Å². The van der Waals surface area contributed by atoms with Crippen LogP contribution in [0, 0.1) is 5.82 Å². The minimum atomic E-state index is -3.94. The Balaban J connectivity index is 2.32. The summed E-state index contributed by atoms with van der Waals surface area (Å²) in [6.45, 7) is 0.0455. The fourth-order valence-corrected chi connectivity index (χ4v) is 3.34. The molecule has 0 bridgehead atoms. The lowest BCUT2D eigenvalue weighted by Gasteiger charge is -2.19. The zero-order valence-corrected chi connectivity index (χ0v) is 13.9. The Bertz CT molecular complexity index is 792. The Kier molecular flexibility index (Phi) is 5.23. The molecule has 2 rings (SSSR count). The molecule has 0 fully saturated rings. The van der Waals surface area contributed by atoms with Crippen molar-refractivity contribution in [2.75, 3.05) is 21.3 Å². The number of methoxy groups -OCH3 is 2. The third-order valence-electron chi connectivity index (χ3n) is 3.41. The quantitative estimate of drug-likeness (QED) is 0.812. The fourth-order valence-electron chi connectivity index (χ4n) is 2.13. The smallest absolute Gasteiger partial charge is 0.246 e. The molecule has 7 heteroatoms. The van der Waals surface area contributed by atoms with Crippen molar-refractivity contribution in [2.24, 2.45) is 0 Å². The van der Waals surface area contributed by atoms with Crippen molar-refractivity contribution in [1.82, 2.24) is 4.31 Å². The molecule has 0 atom stereocenters. The minimum absolute atomic E-state index is 0.0455. The van der Waals surface area contributed by atoms with Crippen molar-refractivity contribution in [3.63, 3.8) is 0 Å². The maximum atomic E-state index is 13.8. The molecule has 0 spiro atoms. The minimum Gasteiger partial charge on any atom is -0.497 e. The number of nitrogens with zero attached hydrogens (tertiary/aromatic N) is 1. The lowest BCUT2D eigenvalue weighted by molar-refractivity contribution is 0.384. The normalized spacial score (nSPS) is 11.5. The van der Waals surface area contributed by atoms with E-state index in [0.29, 0.717) is 17.1 Å². The molecule has 0 amide bonds. The summed E-state index contributed by atoms with van der Waals surface area (Å²) in [4.78, 5) is -0.352. The van der Waals surface area contributed by atoms with E-state index in [1.54, 1.807) is 18.2 Å². The molecule has 5 nitrogen and oxygen atoms in total. The van der Waals surface area contributed by atoms with Crippen molar-refractivity contribution in [3.05, 3.63) is 53.8 Å². The molecule has 0 aliphatic heterocycles. The van der Waals surface area contributed by atoms with Crippen LogP contribution in [-0.2, 0) is 16.6 Å². The molecule has 0 aromatic heterocycles. The maximum Gasteiger partial charge on any atom is 0.246 e. The first-order valence-electron chi connectivity index (χ1n) is 6.82. The van der Waals surface area contributed by atoms with Crippen molar-refractivity contribution in [2.45, 2.75) is 11.4 Å². The van der Waals surface area contributed by atoms with Gasteiger partial charge >= 0.3 is 0 Å². The van der Waals surface area contributed by atoms with Gasteiger partial charge in [-0.3, -0.25) is 0 Å². The molecule has 124 valence electrons. The van der Waals surface area contributed by atoms with E-state index in [4.69, 9.17) is 9.47 Å². The van der Waals surface area contributed by atoms with Gasteiger partial charge in [0.2, 0.25) is 10.0 Å². The van der Waals surface area contributed by atoms with Gasteiger partial charge in [0.25, 0.3) is 0 Å². The van der Waals surface area contributed by atoms with Crippen LogP contribution >= 0.6 is 0 Å². The summed E-state index contributed by atoms with van der Waals surface area (Å²) in [5.74, 6) is 0.325. The number of halogens is 1. The summed E-state index contributed by atoms with van der Waals surface area (Å²) < 4.78 is 50.2. The van der Waals surface area contributed by atoms with E-state index in [2.05, 4.69) is 0 Å². The second-order valence-corrected chi connectivity index (χ2v) is 6.88. The number of benzene rings is 2. The van der Waals surface area contributed by atoms with Gasteiger partial charge in [-0.05, 0) is 18.2 Å². The lowest BCUT2D eigenvalue weighted by atomic mass is 10.2. The molecule has 2 aromatic carbocycles. The van der Waals surface area contributed by atoms with Gasteiger partial charge in [-0.2, -0.15) is 4.31 Å². The van der Waals surface area contributed by atoms with Crippen LogP contribution in [0.5, 0.6) is 11.5 Å². The third kappa shape index (κ3) is 3.62. The fraction of sp³-hybridized carbons (Fsp3) is 0.250. The summed E-state index contributed by atoms with van der Waals surface area (Å²) in [7, 11) is 0.478. The first-order chi connectivity index (χ1) is 10.9. The number of sulfonamides is 1. The van der Waals surface area contributed by atoms with Gasteiger partial charge in [0, 0.05) is 25.2 Å². The predicted octanol–water partition coefficient (Wildman–Crippen LogP) is 2.66. The third-order valence-corrected chi connectivity index (χ3v) is 5.25. The first-order valence-corrected chi connectivity index (χ1v) is 8.26. The second-order valence-electron chi connectivity index (χ2n) is 4.87. The van der Waals surface area contributed by atoms with Gasteiger partial charge in [0.05, 0.1) is 14.2 Å². The molecule has 0 N–H and O–H groups in total. The van der Waals surface area contributed by atoms with Gasteiger partial charge in [0.1, 0.15) is 22.2 Å². The largest absolute Gasteiger partial charge is 0.497 e. The van der Waals surface area contributed by atoms with E-state index in [1.165, 1.54) is 39.5 Å². The Morgan fingerprint density at radius 1 is 1.09 bits per heavy atom. The molecule has 0 radical (unpaired) electrons. The van der Waals surface area contributed by atoms with E-state index in [-0.39, 0.29) is 11.4 Å². The molecule has 0 saturated heterocycles. The molecular formula is C16H18FNO4S. The Morgan fingerprint density at radius 3 is 2.39 bits per heavy atom. The van der Waals surface area contributed by atoms with Gasteiger partial charge in [-0.15, -0.1) is 0 Å². The predicted molar refractivity (Wildman–Crippen MR) is 84.6 cm³/mol. The van der Waals surface area contributed by atoms with E-state index < -0.39 is 15.8 Å². The maximum absolute atomic E-state index is 13.8. The average Bonchev–Trinajstić information content (AvgIpc) is 2.55. The first kappa shape index (κ1) is 17.2. The SMILES string of the molecule is COc1ccc(CN(C)S(=O)(=O)c2ccccc2F)c(OC)c1. The summed E-state index contributed by atoms with van der Waals surface area (Å²) in [6, 6.07) is 10.4. The topological polar surface area (TPSA) is 55.8 Å². The van der Waals surface area contributed by atoms with Crippen LogP contribution in [0.25, 0.3) is 0 Å². The number of ether oxygens (including phenoxy) is 2. The van der Waals surface area contributed by atoms with Crippen molar-refractivity contribution in [3.8, 4) is 11.5 Å². The average molecular weight is 339 g/mol. The van der Waals surface area contributed by atoms with Crippen LogP contribution in [0.2, 0.25) is 0 Å². The number of hydrogen-bond donors (Lipinski definition) is 0. The molecule has 2 aromatic rings. The molecule has 23 heavy (non-hydrogen) atoms. The highest BCUT2D eigenvalue weighted by atomic mass is 32.2. The van der Waals surface area contributed by atoms with Crippen LogP contribution in [0.1, 0.15) is 5.56 Å². The van der Waals surface area contributed by atoms with Crippen LogP contribution in [-0.4, -0.2) is 34.0 Å². The summed E-state index contributed by atoms with van der Waals surface area (Å²) >= 11 is 0. The standard InChI is InChI=1S/C16H18FNO4S/c1-18(23(19,20)16-7-5-4-6-14(16)17)11-12-8-9-13(21-2)10-15(12)22-3/h4-10H,11H2,1-3H3. The van der Waals surface area contributed by atoms with Crippen LogP contribution in [0.3, 0.4) is 0 Å². The monoisotopic (exact) mass is 339 g/mol. The zero-order valence-electron chi connectivity index (χ0n) is 13.1. The molecule has 0 saturated carbocycles. The summed E-state index contributed by atoms with van der Waals surface area (Å²) in [5.41, 5.74) is 0.649. The lowest BCUT2D eigenvalue weighted by Crippen LogP contribution is -2.27. The van der Waals surface area contributed by atoms with E-state index in [9.17, 15) is 12.8 Å². The summed E-state index contributed by atoms with van der Waals surface area (Å²) in [6.07, 6.45) is 0. The highest BCUT2D eigenvalue weighted by Crippen LogP contribution is 2.27. The van der Waals surface area contributed by atoms with Gasteiger partial charge in [0.15, 0.2) is 0 Å². The molecule has 0 aliphatic rings. The van der Waals surface area contributed by atoms with Gasteiger partial charge in [-0.25, -0.2) is 12.8 Å². The van der Waals surface area contributed by atoms with Crippen molar-refractivity contribution < 1.29 is 22.3 Å². The van der Waals surface area contributed by atoms with E-state index in [1.807, 2.05) is 0 Å². The number of hydrogen-bond acceptors (Lipinski definition) is 4. The molecule has 0 unspecified atom stereocenters. The van der Waals surface area contributed by atoms with Gasteiger partial charge in [-0.1, -0.05) is 18.2 Å². The Morgan fingerprint density at radius 2 is 1.78 bits per heavy atom. The highest BCUT2D eigenvalue weighted by molar-refractivity contribution is 7.89. The van der Waals surface area contributed by atoms with Crippen molar-refractivity contribution >= 4 is 10.0 Å². The van der Waals surface area contributed by atoms with Gasteiger partial charge < -0.3 is 9.47 Å². The number of rotatable bonds is 6. The molecule has 0 heterocycles. The van der Waals surface area contributed by atoms with Crippen LogP contribution < -0.4 is 9.47 Å². The highest BCUT2D eigenvalue weighted by Gasteiger charge is 2.25. The van der Waals surface area contributed by atoms with E-state index in [0.717, 1.165) is 10.4 Å². The van der Waals surface area contributed by atoms with Crippen LogP contribution in [0.4, 0.5) is 4.39 Å². The molecular weight excluding hydrogens is 321 g/mol. The summed E-state index contributed by atoms with van der Waals surface area (Å²) in [5, 5.41) is 0.